The molecule has 0 bridgehead atoms. The van der Waals surface area contributed by atoms with E-state index in [0.717, 1.165) is 5.56 Å². The van der Waals surface area contributed by atoms with Gasteiger partial charge in [-0.2, -0.15) is 5.26 Å². The third-order valence-corrected chi connectivity index (χ3v) is 3.47. The van der Waals surface area contributed by atoms with Gasteiger partial charge in [0, 0.05) is 6.42 Å². The Morgan fingerprint density at radius 3 is 2.95 bits per heavy atom. The van der Waals surface area contributed by atoms with E-state index in [9.17, 15) is 5.11 Å². The van der Waals surface area contributed by atoms with Crippen molar-refractivity contribution in [2.45, 2.75) is 25.1 Å². The summed E-state index contributed by atoms with van der Waals surface area (Å²) < 4.78 is 5.31. The number of aliphatic hydroxyl groups is 1. The first kappa shape index (κ1) is 12.0. The van der Waals surface area contributed by atoms with Crippen molar-refractivity contribution < 1.29 is 9.52 Å². The average molecular weight is 254 g/mol. The van der Waals surface area contributed by atoms with Gasteiger partial charge >= 0.3 is 0 Å². The van der Waals surface area contributed by atoms with Crippen LogP contribution in [-0.4, -0.2) is 11.2 Å². The van der Waals surface area contributed by atoms with E-state index >= 15 is 0 Å². The minimum atomic E-state index is -0.414. The summed E-state index contributed by atoms with van der Waals surface area (Å²) in [6.45, 7) is 0.498. The molecule has 1 aliphatic rings. The molecule has 3 rings (SSSR count). The van der Waals surface area contributed by atoms with Crippen LogP contribution in [0.3, 0.4) is 0 Å². The molecule has 0 fully saturated rings. The molecule has 0 aliphatic heterocycles. The molecule has 1 heterocycles. The van der Waals surface area contributed by atoms with E-state index in [1.165, 1.54) is 5.56 Å². The van der Waals surface area contributed by atoms with Crippen molar-refractivity contribution in [2.75, 3.05) is 0 Å². The lowest BCUT2D eigenvalue weighted by atomic mass is 10.1. The molecular weight excluding hydrogens is 240 g/mol. The van der Waals surface area contributed by atoms with Gasteiger partial charge in [0.05, 0.1) is 18.7 Å². The lowest BCUT2D eigenvalue weighted by Crippen LogP contribution is -2.28. The highest BCUT2D eigenvalue weighted by Crippen LogP contribution is 2.31. The van der Waals surface area contributed by atoms with Crippen LogP contribution in [0.5, 0.6) is 0 Å². The van der Waals surface area contributed by atoms with Gasteiger partial charge in [0.2, 0.25) is 5.76 Å². The van der Waals surface area contributed by atoms with E-state index in [1.807, 2.05) is 30.3 Å². The first-order chi connectivity index (χ1) is 9.28. The Labute approximate surface area is 111 Å². The van der Waals surface area contributed by atoms with Crippen LogP contribution in [0.2, 0.25) is 0 Å². The van der Waals surface area contributed by atoms with Crippen molar-refractivity contribution in [3.8, 4) is 6.07 Å². The molecule has 0 saturated heterocycles. The van der Waals surface area contributed by atoms with Crippen molar-refractivity contribution in [3.63, 3.8) is 0 Å². The van der Waals surface area contributed by atoms with Gasteiger partial charge in [-0.05, 0) is 23.3 Å². The lowest BCUT2D eigenvalue weighted by molar-refractivity contribution is 0.139. The van der Waals surface area contributed by atoms with Crippen molar-refractivity contribution in [2.24, 2.45) is 0 Å². The van der Waals surface area contributed by atoms with Gasteiger partial charge in [0.25, 0.3) is 0 Å². The molecule has 1 aliphatic carbocycles. The van der Waals surface area contributed by atoms with E-state index < -0.39 is 6.10 Å². The zero-order valence-corrected chi connectivity index (χ0v) is 10.3. The quantitative estimate of drug-likeness (QED) is 0.877. The molecule has 2 aromatic rings. The number of fused-ring (bicyclic) bond motifs is 1. The van der Waals surface area contributed by atoms with Gasteiger partial charge in [-0.15, -0.1) is 0 Å². The normalized spacial score (nSPS) is 21.1. The fourth-order valence-electron chi connectivity index (χ4n) is 2.56. The van der Waals surface area contributed by atoms with Crippen LogP contribution in [0.25, 0.3) is 0 Å². The molecule has 0 radical (unpaired) electrons. The van der Waals surface area contributed by atoms with E-state index in [4.69, 9.17) is 9.68 Å². The summed E-state index contributed by atoms with van der Waals surface area (Å²) in [5.74, 6) is 1.01. The van der Waals surface area contributed by atoms with Crippen LogP contribution in [0.1, 0.15) is 28.7 Å². The monoisotopic (exact) mass is 254 g/mol. The number of nitrogens with one attached hydrogen (secondary N) is 1. The van der Waals surface area contributed by atoms with Crippen molar-refractivity contribution >= 4 is 0 Å². The zero-order chi connectivity index (χ0) is 13.2. The maximum Gasteiger partial charge on any atom is 0.203 e. The standard InChI is InChI=1S/C15H14N2O2/c16-8-11-5-6-12(19-11)9-17-15-13-4-2-1-3-10(13)7-14(15)18/h1-6,14-15,17-18H,7,9H2/t14-,15-/m1/s1. The van der Waals surface area contributed by atoms with Crippen molar-refractivity contribution in [1.29, 1.82) is 5.26 Å². The minimum Gasteiger partial charge on any atom is -0.449 e. The van der Waals surface area contributed by atoms with E-state index in [1.54, 1.807) is 12.1 Å². The Kier molecular flexibility index (Phi) is 3.08. The van der Waals surface area contributed by atoms with E-state index in [2.05, 4.69) is 5.32 Å². The molecule has 2 atom stereocenters. The molecule has 0 spiro atoms. The number of nitriles is 1. The molecule has 0 amide bonds. The van der Waals surface area contributed by atoms with Crippen molar-refractivity contribution in [1.82, 2.24) is 5.32 Å². The summed E-state index contributed by atoms with van der Waals surface area (Å²) in [6, 6.07) is 13.3. The summed E-state index contributed by atoms with van der Waals surface area (Å²) >= 11 is 0. The second-order valence-corrected chi connectivity index (χ2v) is 4.71. The lowest BCUT2D eigenvalue weighted by Gasteiger charge is -2.17. The Morgan fingerprint density at radius 2 is 2.16 bits per heavy atom. The minimum absolute atomic E-state index is 0.0770. The molecule has 0 saturated carbocycles. The molecule has 0 unspecified atom stereocenters. The maximum atomic E-state index is 10.1. The Morgan fingerprint density at radius 1 is 1.32 bits per heavy atom. The molecular formula is C15H14N2O2. The van der Waals surface area contributed by atoms with Gasteiger partial charge in [-0.25, -0.2) is 0 Å². The number of hydrogen-bond acceptors (Lipinski definition) is 4. The van der Waals surface area contributed by atoms with Crippen LogP contribution in [0.4, 0.5) is 0 Å². The smallest absolute Gasteiger partial charge is 0.203 e. The van der Waals surface area contributed by atoms with Crippen LogP contribution in [0, 0.1) is 11.3 Å². The third kappa shape index (κ3) is 2.26. The summed E-state index contributed by atoms with van der Waals surface area (Å²) in [6.07, 6.45) is 0.262. The topological polar surface area (TPSA) is 69.2 Å². The molecule has 4 nitrogen and oxygen atoms in total. The number of hydrogen-bond donors (Lipinski definition) is 2. The van der Waals surface area contributed by atoms with Crippen LogP contribution in [-0.2, 0) is 13.0 Å². The maximum absolute atomic E-state index is 10.1. The molecule has 4 heteroatoms. The highest BCUT2D eigenvalue weighted by Gasteiger charge is 2.30. The number of aliphatic hydroxyl groups excluding tert-OH is 1. The number of nitrogens with zero attached hydrogens (tertiary/aromatic N) is 1. The van der Waals surface area contributed by atoms with Gasteiger partial charge in [0.1, 0.15) is 11.8 Å². The van der Waals surface area contributed by atoms with Gasteiger partial charge < -0.3 is 14.8 Å². The first-order valence-electron chi connectivity index (χ1n) is 6.26. The Bertz CT molecular complexity index is 627. The molecule has 19 heavy (non-hydrogen) atoms. The van der Waals surface area contributed by atoms with Crippen LogP contribution in [0.15, 0.2) is 40.8 Å². The Balaban J connectivity index is 1.72. The SMILES string of the molecule is N#Cc1ccc(CN[C@@H]2c3ccccc3C[C@H]2O)o1. The fourth-order valence-corrected chi connectivity index (χ4v) is 2.56. The highest BCUT2D eigenvalue weighted by atomic mass is 16.3. The predicted octanol–water partition coefficient (Wildman–Crippen LogP) is 1.90. The summed E-state index contributed by atoms with van der Waals surface area (Å²) in [4.78, 5) is 0. The summed E-state index contributed by atoms with van der Waals surface area (Å²) in [5, 5.41) is 22.1. The zero-order valence-electron chi connectivity index (χ0n) is 10.3. The predicted molar refractivity (Wildman–Crippen MR) is 69.2 cm³/mol. The van der Waals surface area contributed by atoms with E-state index in [-0.39, 0.29) is 6.04 Å². The Hall–Kier alpha value is -2.09. The fraction of sp³-hybridized carbons (Fsp3) is 0.267. The van der Waals surface area contributed by atoms with Crippen LogP contribution >= 0.6 is 0 Å². The molecule has 1 aromatic carbocycles. The highest BCUT2D eigenvalue weighted by molar-refractivity contribution is 5.36. The average Bonchev–Trinajstić information content (AvgIpc) is 3.00. The number of rotatable bonds is 3. The van der Waals surface area contributed by atoms with Gasteiger partial charge in [0.15, 0.2) is 0 Å². The first-order valence-corrected chi connectivity index (χ1v) is 6.26. The molecule has 96 valence electrons. The second kappa shape index (κ2) is 4.88. The number of furan rings is 1. The second-order valence-electron chi connectivity index (χ2n) is 4.71. The van der Waals surface area contributed by atoms with Crippen LogP contribution < -0.4 is 5.32 Å². The molecule has 1 aromatic heterocycles. The summed E-state index contributed by atoms with van der Waals surface area (Å²) in [5.41, 5.74) is 2.33. The number of benzene rings is 1. The largest absolute Gasteiger partial charge is 0.449 e. The van der Waals surface area contributed by atoms with Gasteiger partial charge in [-0.1, -0.05) is 24.3 Å². The summed E-state index contributed by atoms with van der Waals surface area (Å²) in [7, 11) is 0. The van der Waals surface area contributed by atoms with E-state index in [0.29, 0.717) is 24.5 Å². The third-order valence-electron chi connectivity index (χ3n) is 3.47. The van der Waals surface area contributed by atoms with Crippen molar-refractivity contribution in [3.05, 3.63) is 59.0 Å². The van der Waals surface area contributed by atoms with Gasteiger partial charge in [-0.3, -0.25) is 0 Å². The molecule has 2 N–H and O–H groups in total.